The number of carbonyl (C=O) groups is 1. The number of anilines is 2. The molecule has 3 N–H and O–H groups in total. The number of hydrogen-bond donors (Lipinski definition) is 3. The highest BCUT2D eigenvalue weighted by atomic mass is 16.3. The van der Waals surface area contributed by atoms with Gasteiger partial charge in [-0.3, -0.25) is 0 Å². The molecule has 0 atom stereocenters. The average Bonchev–Trinajstić information content (AvgIpc) is 2.84. The van der Waals surface area contributed by atoms with Gasteiger partial charge in [0.25, 0.3) is 0 Å². The first kappa shape index (κ1) is 15.6. The van der Waals surface area contributed by atoms with Crippen molar-refractivity contribution in [1.29, 1.82) is 0 Å². The first-order chi connectivity index (χ1) is 9.89. The Balaban J connectivity index is 1.89. The van der Waals surface area contributed by atoms with Gasteiger partial charge in [-0.05, 0) is 43.5 Å². The molecule has 1 aliphatic carbocycles. The van der Waals surface area contributed by atoms with Crippen molar-refractivity contribution in [2.45, 2.75) is 38.2 Å². The largest absolute Gasteiger partial charge is 0.388 e. The van der Waals surface area contributed by atoms with E-state index in [1.54, 1.807) is 0 Å². The van der Waals surface area contributed by atoms with Crippen LogP contribution in [0, 0.1) is 6.92 Å². The van der Waals surface area contributed by atoms with E-state index in [2.05, 4.69) is 10.6 Å². The Morgan fingerprint density at radius 3 is 2.57 bits per heavy atom. The number of nitrogens with one attached hydrogen (secondary N) is 2. The molecule has 1 fully saturated rings. The van der Waals surface area contributed by atoms with Gasteiger partial charge in [-0.1, -0.05) is 12.8 Å². The summed E-state index contributed by atoms with van der Waals surface area (Å²) in [5.41, 5.74) is 2.27. The summed E-state index contributed by atoms with van der Waals surface area (Å²) < 4.78 is 0. The van der Waals surface area contributed by atoms with Crippen molar-refractivity contribution in [1.82, 2.24) is 5.32 Å². The summed E-state index contributed by atoms with van der Waals surface area (Å²) in [6.45, 7) is 2.33. The molecule has 1 aromatic carbocycles. The fraction of sp³-hybridized carbons (Fsp3) is 0.562. The molecule has 1 aromatic rings. The Morgan fingerprint density at radius 1 is 1.33 bits per heavy atom. The lowest BCUT2D eigenvalue weighted by molar-refractivity contribution is 0.0506. The maximum Gasteiger partial charge on any atom is 0.319 e. The standard InChI is InChI=1S/C16H25N3O2/c1-12-10-13(6-7-14(12)19(2)3)18-15(20)17-11-16(21)8-4-5-9-16/h6-7,10,21H,4-5,8-9,11H2,1-3H3,(H2,17,18,20). The molecule has 1 aliphatic rings. The highest BCUT2D eigenvalue weighted by Gasteiger charge is 2.31. The first-order valence-corrected chi connectivity index (χ1v) is 7.45. The van der Waals surface area contributed by atoms with Gasteiger partial charge in [0.1, 0.15) is 0 Å². The van der Waals surface area contributed by atoms with Crippen molar-refractivity contribution in [3.63, 3.8) is 0 Å². The molecular formula is C16H25N3O2. The minimum atomic E-state index is -0.720. The van der Waals surface area contributed by atoms with Gasteiger partial charge in [-0.15, -0.1) is 0 Å². The molecule has 0 aromatic heterocycles. The summed E-state index contributed by atoms with van der Waals surface area (Å²) >= 11 is 0. The third kappa shape index (κ3) is 4.11. The van der Waals surface area contributed by atoms with Crippen LogP contribution in [0.25, 0.3) is 0 Å². The molecule has 0 spiro atoms. The van der Waals surface area contributed by atoms with Crippen molar-refractivity contribution >= 4 is 17.4 Å². The zero-order valence-corrected chi connectivity index (χ0v) is 13.1. The monoisotopic (exact) mass is 291 g/mol. The second-order valence-electron chi connectivity index (χ2n) is 6.13. The van der Waals surface area contributed by atoms with E-state index >= 15 is 0 Å². The normalized spacial score (nSPS) is 16.6. The van der Waals surface area contributed by atoms with Crippen molar-refractivity contribution in [2.75, 3.05) is 30.9 Å². The van der Waals surface area contributed by atoms with Gasteiger partial charge in [0.05, 0.1) is 5.60 Å². The summed E-state index contributed by atoms with van der Waals surface area (Å²) in [4.78, 5) is 13.9. The van der Waals surface area contributed by atoms with Crippen LogP contribution in [-0.2, 0) is 0 Å². The van der Waals surface area contributed by atoms with E-state index in [1.165, 1.54) is 0 Å². The van der Waals surface area contributed by atoms with Crippen LogP contribution < -0.4 is 15.5 Å². The Morgan fingerprint density at radius 2 is 2.00 bits per heavy atom. The summed E-state index contributed by atoms with van der Waals surface area (Å²) in [7, 11) is 3.98. The minimum Gasteiger partial charge on any atom is -0.388 e. The van der Waals surface area contributed by atoms with Crippen molar-refractivity contribution in [3.05, 3.63) is 23.8 Å². The molecule has 1 saturated carbocycles. The van der Waals surface area contributed by atoms with Gasteiger partial charge in [-0.25, -0.2) is 4.79 Å². The fourth-order valence-corrected chi connectivity index (χ4v) is 2.86. The molecule has 5 heteroatoms. The number of aryl methyl sites for hydroxylation is 1. The number of nitrogens with zero attached hydrogens (tertiary/aromatic N) is 1. The van der Waals surface area contributed by atoms with Gasteiger partial charge in [0.2, 0.25) is 0 Å². The van der Waals surface area contributed by atoms with E-state index in [4.69, 9.17) is 0 Å². The number of benzene rings is 1. The predicted octanol–water partition coefficient (Wildman–Crippen LogP) is 2.49. The van der Waals surface area contributed by atoms with Crippen LogP contribution in [0.2, 0.25) is 0 Å². The number of urea groups is 1. The Labute approximate surface area is 126 Å². The molecule has 21 heavy (non-hydrogen) atoms. The third-order valence-corrected chi connectivity index (χ3v) is 4.05. The number of hydrogen-bond acceptors (Lipinski definition) is 3. The van der Waals surface area contributed by atoms with Crippen LogP contribution in [0.1, 0.15) is 31.2 Å². The molecule has 2 amide bonds. The maximum atomic E-state index is 11.9. The van der Waals surface area contributed by atoms with Crippen LogP contribution in [0.4, 0.5) is 16.2 Å². The van der Waals surface area contributed by atoms with Crippen LogP contribution in [0.3, 0.4) is 0 Å². The second kappa shape index (κ2) is 6.35. The smallest absolute Gasteiger partial charge is 0.319 e. The van der Waals surface area contributed by atoms with Gasteiger partial charge in [-0.2, -0.15) is 0 Å². The van der Waals surface area contributed by atoms with Gasteiger partial charge in [0.15, 0.2) is 0 Å². The average molecular weight is 291 g/mol. The number of carbonyl (C=O) groups excluding carboxylic acids is 1. The number of amides is 2. The van der Waals surface area contributed by atoms with Gasteiger partial charge < -0.3 is 20.6 Å². The molecule has 2 rings (SSSR count). The fourth-order valence-electron chi connectivity index (χ4n) is 2.86. The van der Waals surface area contributed by atoms with Crippen molar-refractivity contribution in [3.8, 4) is 0 Å². The molecule has 0 saturated heterocycles. The highest BCUT2D eigenvalue weighted by molar-refractivity contribution is 5.89. The zero-order valence-electron chi connectivity index (χ0n) is 13.1. The maximum absolute atomic E-state index is 11.9. The molecule has 0 aliphatic heterocycles. The summed E-state index contributed by atoms with van der Waals surface area (Å²) in [5.74, 6) is 0. The lowest BCUT2D eigenvalue weighted by atomic mass is 10.0. The summed E-state index contributed by atoms with van der Waals surface area (Å²) in [5, 5.41) is 15.8. The summed E-state index contributed by atoms with van der Waals surface area (Å²) in [6, 6.07) is 5.54. The third-order valence-electron chi connectivity index (χ3n) is 4.05. The van der Waals surface area contributed by atoms with Gasteiger partial charge >= 0.3 is 6.03 Å². The first-order valence-electron chi connectivity index (χ1n) is 7.45. The van der Waals surface area contributed by atoms with E-state index < -0.39 is 5.60 Å². The van der Waals surface area contributed by atoms with Crippen LogP contribution in [-0.4, -0.2) is 37.4 Å². The molecule has 5 nitrogen and oxygen atoms in total. The van der Waals surface area contributed by atoms with Crippen LogP contribution >= 0.6 is 0 Å². The van der Waals surface area contributed by atoms with Crippen molar-refractivity contribution in [2.24, 2.45) is 0 Å². The van der Waals surface area contributed by atoms with E-state index in [-0.39, 0.29) is 6.03 Å². The highest BCUT2D eigenvalue weighted by Crippen LogP contribution is 2.28. The number of aliphatic hydroxyl groups is 1. The second-order valence-corrected chi connectivity index (χ2v) is 6.13. The van der Waals surface area contributed by atoms with Crippen LogP contribution in [0.5, 0.6) is 0 Å². The molecule has 116 valence electrons. The van der Waals surface area contributed by atoms with E-state index in [0.717, 1.165) is 42.6 Å². The molecule has 0 bridgehead atoms. The van der Waals surface area contributed by atoms with E-state index in [1.807, 2.05) is 44.1 Å². The summed E-state index contributed by atoms with van der Waals surface area (Å²) in [6.07, 6.45) is 3.60. The quantitative estimate of drug-likeness (QED) is 0.798. The lowest BCUT2D eigenvalue weighted by Crippen LogP contribution is -2.42. The molecule has 0 radical (unpaired) electrons. The van der Waals surface area contributed by atoms with Crippen molar-refractivity contribution < 1.29 is 9.90 Å². The Hall–Kier alpha value is -1.75. The van der Waals surface area contributed by atoms with Crippen LogP contribution in [0.15, 0.2) is 18.2 Å². The topological polar surface area (TPSA) is 64.6 Å². The minimum absolute atomic E-state index is 0.271. The lowest BCUT2D eigenvalue weighted by Gasteiger charge is -2.22. The Bertz CT molecular complexity index is 508. The van der Waals surface area contributed by atoms with Gasteiger partial charge in [0, 0.05) is 32.0 Å². The SMILES string of the molecule is Cc1cc(NC(=O)NCC2(O)CCCC2)ccc1N(C)C. The van der Waals surface area contributed by atoms with E-state index in [0.29, 0.717) is 6.54 Å². The molecule has 0 heterocycles. The molecule has 0 unspecified atom stereocenters. The molecular weight excluding hydrogens is 266 g/mol. The predicted molar refractivity (Wildman–Crippen MR) is 85.9 cm³/mol. The van der Waals surface area contributed by atoms with E-state index in [9.17, 15) is 9.90 Å². The number of rotatable bonds is 4. The Kier molecular flexibility index (Phi) is 4.73. The zero-order chi connectivity index (χ0) is 15.5.